The number of aryl methyl sites for hydroxylation is 1. The Balaban J connectivity index is 1.25. The Morgan fingerprint density at radius 3 is 2.69 bits per heavy atom. The number of rotatable bonds is 10. The Bertz CT molecular complexity index is 1680. The van der Waals surface area contributed by atoms with Crippen LogP contribution in [0.1, 0.15) is 71.3 Å². The summed E-state index contributed by atoms with van der Waals surface area (Å²) in [7, 11) is 0. The van der Waals surface area contributed by atoms with Gasteiger partial charge in [-0.05, 0) is 92.5 Å². The number of ether oxygens (including phenoxy) is 3. The van der Waals surface area contributed by atoms with Gasteiger partial charge in [0.15, 0.2) is 5.82 Å². The van der Waals surface area contributed by atoms with Crippen LogP contribution in [-0.4, -0.2) is 62.6 Å². The molecule has 6 rings (SSSR count). The molecule has 9 heteroatoms. The van der Waals surface area contributed by atoms with Gasteiger partial charge in [-0.15, -0.1) is 0 Å². The molecule has 0 saturated carbocycles. The van der Waals surface area contributed by atoms with E-state index >= 15 is 0 Å². The Labute approximate surface area is 264 Å². The van der Waals surface area contributed by atoms with Crippen LogP contribution in [0.3, 0.4) is 0 Å². The van der Waals surface area contributed by atoms with Crippen molar-refractivity contribution >= 4 is 5.97 Å². The second kappa shape index (κ2) is 13.4. The first-order chi connectivity index (χ1) is 21.8. The molecule has 0 spiro atoms. The molecule has 9 nitrogen and oxygen atoms in total. The van der Waals surface area contributed by atoms with Crippen molar-refractivity contribution < 1.29 is 24.1 Å². The number of carboxylic acids is 1. The minimum atomic E-state index is -1.10. The summed E-state index contributed by atoms with van der Waals surface area (Å²) in [5.41, 5.74) is 7.94. The summed E-state index contributed by atoms with van der Waals surface area (Å²) in [6.07, 6.45) is 5.14. The first-order valence-corrected chi connectivity index (χ1v) is 15.9. The summed E-state index contributed by atoms with van der Waals surface area (Å²) in [4.78, 5) is 19.4. The fraction of sp³-hybridized carbons (Fsp3) is 0.417. The summed E-state index contributed by atoms with van der Waals surface area (Å²) in [5, 5.41) is 14.1. The van der Waals surface area contributed by atoms with E-state index in [0.717, 1.165) is 68.9 Å². The third kappa shape index (κ3) is 6.46. The van der Waals surface area contributed by atoms with Crippen molar-refractivity contribution in [2.45, 2.75) is 78.7 Å². The summed E-state index contributed by atoms with van der Waals surface area (Å²) in [5.74, 6) is 0.305. The Kier molecular flexibility index (Phi) is 9.19. The molecule has 0 amide bonds. The van der Waals surface area contributed by atoms with Crippen molar-refractivity contribution in [1.82, 2.24) is 19.7 Å². The van der Waals surface area contributed by atoms with Gasteiger partial charge in [-0.25, -0.2) is 9.78 Å². The standard InChI is InChI=1S/C36H42N4O5/c1-5-24(3)45-35-31(36(41)42)20-37-40(35)33-11-7-10-32(38-33)30-9-6-8-23(2)34(30)44-22-27-13-12-26-21-39(17-14-29(26)25(27)4)28-15-18-43-19-16-28/h6-13,20,24,28H,5,14-19,21-22H2,1-4H3,(H,41,42)/t24-/m1/s1. The van der Waals surface area contributed by atoms with E-state index in [-0.39, 0.29) is 17.5 Å². The number of carboxylic acid groups (broad SMARTS) is 1. The highest BCUT2D eigenvalue weighted by Crippen LogP contribution is 2.35. The number of fused-ring (bicyclic) bond motifs is 1. The molecule has 0 radical (unpaired) electrons. The van der Waals surface area contributed by atoms with Crippen LogP contribution in [0.4, 0.5) is 0 Å². The topological polar surface area (TPSA) is 98.9 Å². The second-order valence-corrected chi connectivity index (χ2v) is 12.1. The average molecular weight is 611 g/mol. The minimum Gasteiger partial charge on any atom is -0.488 e. The number of nitrogens with zero attached hydrogens (tertiary/aromatic N) is 4. The summed E-state index contributed by atoms with van der Waals surface area (Å²) >= 11 is 0. The molecule has 2 aromatic carbocycles. The number of pyridine rings is 1. The third-order valence-corrected chi connectivity index (χ3v) is 9.19. The summed E-state index contributed by atoms with van der Waals surface area (Å²) in [6, 6.07) is 16.8. The predicted molar refractivity (Wildman–Crippen MR) is 172 cm³/mol. The Hall–Kier alpha value is -4.21. The first-order valence-electron chi connectivity index (χ1n) is 15.9. The molecule has 0 bridgehead atoms. The van der Waals surface area contributed by atoms with Gasteiger partial charge in [0.05, 0.1) is 18.0 Å². The Morgan fingerprint density at radius 2 is 1.91 bits per heavy atom. The lowest BCUT2D eigenvalue weighted by molar-refractivity contribution is 0.0290. The van der Waals surface area contributed by atoms with Crippen LogP contribution in [0.15, 0.2) is 54.7 Å². The van der Waals surface area contributed by atoms with Crippen LogP contribution in [0, 0.1) is 13.8 Å². The zero-order valence-corrected chi connectivity index (χ0v) is 26.6. The molecule has 0 aliphatic carbocycles. The lowest BCUT2D eigenvalue weighted by Gasteiger charge is -2.38. The maximum Gasteiger partial charge on any atom is 0.342 e. The number of aromatic carboxylic acids is 1. The zero-order chi connectivity index (χ0) is 31.5. The molecule has 45 heavy (non-hydrogen) atoms. The molecule has 0 unspecified atom stereocenters. The van der Waals surface area contributed by atoms with E-state index in [0.29, 0.717) is 24.2 Å². The van der Waals surface area contributed by atoms with Crippen molar-refractivity contribution in [3.63, 3.8) is 0 Å². The molecule has 1 saturated heterocycles. The first kappa shape index (κ1) is 30.8. The quantitative estimate of drug-likeness (QED) is 0.216. The van der Waals surface area contributed by atoms with Gasteiger partial charge in [-0.1, -0.05) is 37.3 Å². The maximum absolute atomic E-state index is 11.9. The van der Waals surface area contributed by atoms with E-state index in [1.807, 2.05) is 51.1 Å². The van der Waals surface area contributed by atoms with Crippen molar-refractivity contribution in [3.05, 3.63) is 88.1 Å². The highest BCUT2D eigenvalue weighted by molar-refractivity contribution is 5.90. The molecular weight excluding hydrogens is 568 g/mol. The van der Waals surface area contributed by atoms with Gasteiger partial charge in [0.1, 0.15) is 17.9 Å². The lowest BCUT2D eigenvalue weighted by atomic mass is 9.90. The van der Waals surface area contributed by atoms with Gasteiger partial charge in [-0.3, -0.25) is 4.90 Å². The van der Waals surface area contributed by atoms with Crippen LogP contribution in [0.25, 0.3) is 17.1 Å². The molecule has 4 heterocycles. The SMILES string of the molecule is CC[C@@H](C)Oc1c(C(=O)O)cnn1-c1cccc(-c2cccc(C)c2OCc2ccc3c(c2C)CCN(C2CCOCC2)C3)n1. The fourth-order valence-corrected chi connectivity index (χ4v) is 6.35. The van der Waals surface area contributed by atoms with E-state index < -0.39 is 5.97 Å². The van der Waals surface area contributed by atoms with Crippen LogP contribution in [0.5, 0.6) is 11.6 Å². The minimum absolute atomic E-state index is 0.00112. The van der Waals surface area contributed by atoms with Gasteiger partial charge in [0, 0.05) is 37.9 Å². The third-order valence-electron chi connectivity index (χ3n) is 9.19. The van der Waals surface area contributed by atoms with Crippen molar-refractivity contribution in [1.29, 1.82) is 0 Å². The smallest absolute Gasteiger partial charge is 0.342 e. The average Bonchev–Trinajstić information content (AvgIpc) is 3.49. The molecule has 236 valence electrons. The van der Waals surface area contributed by atoms with Gasteiger partial charge in [-0.2, -0.15) is 9.78 Å². The molecule has 2 aromatic heterocycles. The Morgan fingerprint density at radius 1 is 1.11 bits per heavy atom. The largest absolute Gasteiger partial charge is 0.488 e. The number of carbonyl (C=O) groups is 1. The highest BCUT2D eigenvalue weighted by atomic mass is 16.5. The normalized spacial score (nSPS) is 16.3. The van der Waals surface area contributed by atoms with Crippen LogP contribution in [-0.2, 0) is 24.3 Å². The van der Waals surface area contributed by atoms with E-state index in [1.54, 1.807) is 6.07 Å². The fourth-order valence-electron chi connectivity index (χ4n) is 6.35. The molecule has 2 aliphatic rings. The van der Waals surface area contributed by atoms with E-state index in [4.69, 9.17) is 19.2 Å². The molecule has 4 aromatic rings. The summed E-state index contributed by atoms with van der Waals surface area (Å²) < 4.78 is 19.6. The lowest BCUT2D eigenvalue weighted by Crippen LogP contribution is -2.42. The van der Waals surface area contributed by atoms with Gasteiger partial charge < -0.3 is 19.3 Å². The molecule has 1 fully saturated rings. The highest BCUT2D eigenvalue weighted by Gasteiger charge is 2.27. The monoisotopic (exact) mass is 610 g/mol. The summed E-state index contributed by atoms with van der Waals surface area (Å²) in [6.45, 7) is 12.4. The van der Waals surface area contributed by atoms with Crippen LogP contribution >= 0.6 is 0 Å². The van der Waals surface area contributed by atoms with Gasteiger partial charge >= 0.3 is 5.97 Å². The van der Waals surface area contributed by atoms with E-state index in [1.165, 1.54) is 33.1 Å². The molecule has 1 N–H and O–H groups in total. The van der Waals surface area contributed by atoms with Crippen molar-refractivity contribution in [3.8, 4) is 28.7 Å². The van der Waals surface area contributed by atoms with Crippen LogP contribution in [0.2, 0.25) is 0 Å². The van der Waals surface area contributed by atoms with E-state index in [2.05, 4.69) is 29.1 Å². The van der Waals surface area contributed by atoms with Crippen molar-refractivity contribution in [2.75, 3.05) is 19.8 Å². The maximum atomic E-state index is 11.9. The molecular formula is C36H42N4O5. The predicted octanol–water partition coefficient (Wildman–Crippen LogP) is 6.54. The van der Waals surface area contributed by atoms with Gasteiger partial charge in [0.25, 0.3) is 0 Å². The molecule has 1 atom stereocenters. The molecule has 2 aliphatic heterocycles. The number of para-hydroxylation sites is 1. The number of hydrogen-bond acceptors (Lipinski definition) is 7. The zero-order valence-electron chi connectivity index (χ0n) is 26.6. The van der Waals surface area contributed by atoms with E-state index in [9.17, 15) is 9.90 Å². The van der Waals surface area contributed by atoms with Crippen molar-refractivity contribution in [2.24, 2.45) is 0 Å². The number of benzene rings is 2. The number of hydrogen-bond donors (Lipinski definition) is 1. The van der Waals surface area contributed by atoms with Gasteiger partial charge in [0.2, 0.25) is 5.88 Å². The van der Waals surface area contributed by atoms with Crippen LogP contribution < -0.4 is 9.47 Å². The second-order valence-electron chi connectivity index (χ2n) is 12.1. The number of aromatic nitrogens is 3.